The van der Waals surface area contributed by atoms with E-state index in [0.29, 0.717) is 29.6 Å². The lowest BCUT2D eigenvalue weighted by Crippen LogP contribution is -2.25. The zero-order chi connectivity index (χ0) is 15.0. The van der Waals surface area contributed by atoms with E-state index in [1.54, 1.807) is 12.1 Å². The van der Waals surface area contributed by atoms with Crippen molar-refractivity contribution in [2.24, 2.45) is 0 Å². The molecule has 1 aliphatic heterocycles. The van der Waals surface area contributed by atoms with Gasteiger partial charge in [0.05, 0.1) is 18.0 Å². The molecule has 0 bridgehead atoms. The average molecular weight is 327 g/mol. The number of rotatable bonds is 3. The summed E-state index contributed by atoms with van der Waals surface area (Å²) in [5, 5.41) is 0.652. The first-order valence-corrected chi connectivity index (χ1v) is 8.64. The van der Waals surface area contributed by atoms with Crippen molar-refractivity contribution in [1.82, 2.24) is 9.29 Å². The van der Waals surface area contributed by atoms with Gasteiger partial charge in [-0.1, -0.05) is 11.6 Å². The Kier molecular flexibility index (Phi) is 3.77. The molecule has 1 fully saturated rings. The lowest BCUT2D eigenvalue weighted by Gasteiger charge is -2.10. The van der Waals surface area contributed by atoms with Crippen LogP contribution in [0.2, 0.25) is 5.02 Å². The number of sulfonamides is 1. The van der Waals surface area contributed by atoms with Gasteiger partial charge in [0.25, 0.3) is 0 Å². The zero-order valence-electron chi connectivity index (χ0n) is 11.5. The largest absolute Gasteiger partial charge is 0.439 e. The highest BCUT2D eigenvalue weighted by atomic mass is 35.5. The van der Waals surface area contributed by atoms with Crippen molar-refractivity contribution < 1.29 is 12.8 Å². The summed E-state index contributed by atoms with van der Waals surface area (Å²) in [6.07, 6.45) is 0.659. The molecule has 21 heavy (non-hydrogen) atoms. The molecule has 112 valence electrons. The molecule has 0 aliphatic carbocycles. The predicted octanol–water partition coefficient (Wildman–Crippen LogP) is 2.84. The van der Waals surface area contributed by atoms with E-state index in [1.165, 1.54) is 4.31 Å². The second-order valence-electron chi connectivity index (χ2n) is 5.03. The monoisotopic (exact) mass is 326 g/mol. The Hall–Kier alpha value is -1.37. The molecule has 1 aromatic carbocycles. The third kappa shape index (κ3) is 2.97. The Morgan fingerprint density at radius 2 is 2.05 bits per heavy atom. The van der Waals surface area contributed by atoms with E-state index in [2.05, 4.69) is 4.98 Å². The molecule has 3 rings (SSSR count). The van der Waals surface area contributed by atoms with Crippen molar-refractivity contribution >= 4 is 21.6 Å². The molecule has 0 atom stereocenters. The maximum Gasteiger partial charge on any atom is 0.214 e. The number of oxazole rings is 1. The molecule has 1 aliphatic rings. The highest BCUT2D eigenvalue weighted by molar-refractivity contribution is 7.89. The maximum absolute atomic E-state index is 11.8. The van der Waals surface area contributed by atoms with Crippen LogP contribution in [-0.4, -0.2) is 30.0 Å². The minimum absolute atomic E-state index is 0.191. The quantitative estimate of drug-likeness (QED) is 0.870. The molecule has 2 aromatic rings. The number of aryl methyl sites for hydroxylation is 1. The molecule has 2 heterocycles. The fourth-order valence-electron chi connectivity index (χ4n) is 2.41. The summed E-state index contributed by atoms with van der Waals surface area (Å²) in [7, 11) is -3.14. The van der Waals surface area contributed by atoms with E-state index in [1.807, 2.05) is 19.1 Å². The first kappa shape index (κ1) is 14.6. The van der Waals surface area contributed by atoms with Gasteiger partial charge in [-0.3, -0.25) is 0 Å². The molecule has 0 unspecified atom stereocenters. The number of hydrogen-bond donors (Lipinski definition) is 0. The average Bonchev–Trinajstić information content (AvgIpc) is 2.94. The molecular formula is C14H15ClN2O3S. The van der Waals surface area contributed by atoms with Crippen molar-refractivity contribution in [3.8, 4) is 11.3 Å². The first-order chi connectivity index (χ1) is 9.95. The summed E-state index contributed by atoms with van der Waals surface area (Å²) >= 11 is 5.87. The van der Waals surface area contributed by atoms with Crippen molar-refractivity contribution in [2.75, 3.05) is 12.3 Å². The Bertz CT molecular complexity index is 753. The Balaban J connectivity index is 1.86. The van der Waals surface area contributed by atoms with Crippen LogP contribution in [0.5, 0.6) is 0 Å². The van der Waals surface area contributed by atoms with E-state index < -0.39 is 10.0 Å². The van der Waals surface area contributed by atoms with E-state index >= 15 is 0 Å². The molecule has 0 N–H and O–H groups in total. The third-order valence-corrected chi connectivity index (χ3v) is 5.62. The highest BCUT2D eigenvalue weighted by Crippen LogP contribution is 2.27. The van der Waals surface area contributed by atoms with Gasteiger partial charge in [-0.2, -0.15) is 4.31 Å². The van der Waals surface area contributed by atoms with Crippen molar-refractivity contribution in [3.63, 3.8) is 0 Å². The molecule has 0 amide bonds. The predicted molar refractivity (Wildman–Crippen MR) is 80.5 cm³/mol. The Morgan fingerprint density at radius 1 is 1.33 bits per heavy atom. The smallest absolute Gasteiger partial charge is 0.214 e. The summed E-state index contributed by atoms with van der Waals surface area (Å²) in [4.78, 5) is 4.33. The normalized spacial score (nSPS) is 18.2. The van der Waals surface area contributed by atoms with E-state index in [9.17, 15) is 8.42 Å². The van der Waals surface area contributed by atoms with Crippen LogP contribution in [-0.2, 0) is 16.6 Å². The molecule has 0 spiro atoms. The Morgan fingerprint density at radius 3 is 2.67 bits per heavy atom. The lowest BCUT2D eigenvalue weighted by molar-refractivity contribution is 0.379. The van der Waals surface area contributed by atoms with Crippen LogP contribution < -0.4 is 0 Å². The van der Waals surface area contributed by atoms with Crippen LogP contribution in [0.25, 0.3) is 11.3 Å². The molecule has 5 nitrogen and oxygen atoms in total. The highest BCUT2D eigenvalue weighted by Gasteiger charge is 2.29. The van der Waals surface area contributed by atoms with Crippen molar-refractivity contribution in [1.29, 1.82) is 0 Å². The summed E-state index contributed by atoms with van der Waals surface area (Å²) in [6.45, 7) is 2.56. The van der Waals surface area contributed by atoms with Gasteiger partial charge in [0.15, 0.2) is 5.76 Å². The minimum Gasteiger partial charge on any atom is -0.439 e. The van der Waals surface area contributed by atoms with Gasteiger partial charge in [-0.25, -0.2) is 13.4 Å². The second-order valence-corrected chi connectivity index (χ2v) is 7.56. The summed E-state index contributed by atoms with van der Waals surface area (Å²) in [6, 6.07) is 7.27. The van der Waals surface area contributed by atoms with Gasteiger partial charge in [-0.15, -0.1) is 0 Å². The molecule has 0 saturated carbocycles. The van der Waals surface area contributed by atoms with Gasteiger partial charge < -0.3 is 4.42 Å². The minimum atomic E-state index is -3.14. The maximum atomic E-state index is 11.8. The lowest BCUT2D eigenvalue weighted by atomic mass is 10.1. The first-order valence-electron chi connectivity index (χ1n) is 6.66. The van der Waals surface area contributed by atoms with Crippen LogP contribution in [0.15, 0.2) is 28.7 Å². The summed E-state index contributed by atoms with van der Waals surface area (Å²) in [5.74, 6) is 1.28. The fourth-order valence-corrected chi connectivity index (χ4v) is 4.00. The summed E-state index contributed by atoms with van der Waals surface area (Å²) in [5.41, 5.74) is 1.61. The van der Waals surface area contributed by atoms with Crippen LogP contribution in [0.1, 0.15) is 18.0 Å². The third-order valence-electron chi connectivity index (χ3n) is 3.46. The Labute approximate surface area is 128 Å². The van der Waals surface area contributed by atoms with Gasteiger partial charge in [0.2, 0.25) is 15.9 Å². The summed E-state index contributed by atoms with van der Waals surface area (Å²) < 4.78 is 30.8. The molecule has 1 saturated heterocycles. The van der Waals surface area contributed by atoms with Gasteiger partial charge >= 0.3 is 0 Å². The number of halogens is 1. The van der Waals surface area contributed by atoms with Crippen LogP contribution in [0, 0.1) is 6.92 Å². The number of nitrogens with zero attached hydrogens (tertiary/aromatic N) is 2. The topological polar surface area (TPSA) is 63.4 Å². The number of hydrogen-bond acceptors (Lipinski definition) is 4. The van der Waals surface area contributed by atoms with Gasteiger partial charge in [0, 0.05) is 17.1 Å². The van der Waals surface area contributed by atoms with Crippen LogP contribution >= 0.6 is 11.6 Å². The zero-order valence-corrected chi connectivity index (χ0v) is 13.1. The standard InChI is InChI=1S/C14H15ClN2O3S/c1-10-14(11-3-5-12(15)6-4-11)20-13(16-10)9-17-7-2-8-21(17,18)19/h3-6H,2,7-9H2,1H3. The van der Waals surface area contributed by atoms with Crippen molar-refractivity contribution in [2.45, 2.75) is 19.9 Å². The van der Waals surface area contributed by atoms with Crippen LogP contribution in [0.4, 0.5) is 0 Å². The van der Waals surface area contributed by atoms with E-state index in [4.69, 9.17) is 16.0 Å². The van der Waals surface area contributed by atoms with E-state index in [-0.39, 0.29) is 12.3 Å². The number of benzene rings is 1. The van der Waals surface area contributed by atoms with Crippen molar-refractivity contribution in [3.05, 3.63) is 40.9 Å². The fraction of sp³-hybridized carbons (Fsp3) is 0.357. The molecule has 0 radical (unpaired) electrons. The van der Waals surface area contributed by atoms with Crippen LogP contribution in [0.3, 0.4) is 0 Å². The molecule has 1 aromatic heterocycles. The second kappa shape index (κ2) is 5.44. The van der Waals surface area contributed by atoms with Gasteiger partial charge in [-0.05, 0) is 37.6 Å². The van der Waals surface area contributed by atoms with Gasteiger partial charge in [0.1, 0.15) is 0 Å². The SMILES string of the molecule is Cc1nc(CN2CCCS2(=O)=O)oc1-c1ccc(Cl)cc1. The number of aromatic nitrogens is 1. The molecule has 7 heteroatoms. The van der Waals surface area contributed by atoms with E-state index in [0.717, 1.165) is 11.3 Å². The molecular weight excluding hydrogens is 312 g/mol.